The predicted octanol–water partition coefficient (Wildman–Crippen LogP) is 3.07. The number of rotatable bonds is 4. The van der Waals surface area contributed by atoms with Gasteiger partial charge in [-0.05, 0) is 43.5 Å². The molecule has 0 bridgehead atoms. The molecule has 2 rings (SSSR count). The zero-order valence-corrected chi connectivity index (χ0v) is 10.3. The summed E-state index contributed by atoms with van der Waals surface area (Å²) < 4.78 is 0. The molecule has 1 aliphatic rings. The van der Waals surface area contributed by atoms with E-state index in [1.165, 1.54) is 0 Å². The van der Waals surface area contributed by atoms with Gasteiger partial charge in [-0.25, -0.2) is 4.79 Å². The largest absolute Gasteiger partial charge is 0.465 e. The van der Waals surface area contributed by atoms with E-state index in [9.17, 15) is 4.79 Å². The fourth-order valence-corrected chi connectivity index (χ4v) is 1.81. The highest BCUT2D eigenvalue weighted by Crippen LogP contribution is 2.35. The number of hydrogen-bond acceptors (Lipinski definition) is 2. The first-order chi connectivity index (χ1) is 7.98. The molecule has 0 saturated heterocycles. The van der Waals surface area contributed by atoms with Gasteiger partial charge >= 0.3 is 6.09 Å². The van der Waals surface area contributed by atoms with E-state index in [4.69, 9.17) is 16.7 Å². The molecule has 1 aromatic rings. The van der Waals surface area contributed by atoms with Crippen molar-refractivity contribution >= 4 is 23.4 Å². The molecule has 92 valence electrons. The van der Waals surface area contributed by atoms with Crippen molar-refractivity contribution < 1.29 is 9.90 Å². The summed E-state index contributed by atoms with van der Waals surface area (Å²) >= 11 is 5.92. The SMILES string of the molecule is CC1(NCc2cc(Cl)ccc2NC(=O)O)CC1. The van der Waals surface area contributed by atoms with Crippen molar-refractivity contribution in [2.45, 2.75) is 31.8 Å². The molecule has 3 N–H and O–H groups in total. The number of amides is 1. The van der Waals surface area contributed by atoms with Crippen molar-refractivity contribution in [1.82, 2.24) is 5.32 Å². The van der Waals surface area contributed by atoms with Crippen LogP contribution in [0.4, 0.5) is 10.5 Å². The van der Waals surface area contributed by atoms with E-state index >= 15 is 0 Å². The Morgan fingerprint density at radius 3 is 2.82 bits per heavy atom. The highest BCUT2D eigenvalue weighted by Gasteiger charge is 2.36. The summed E-state index contributed by atoms with van der Waals surface area (Å²) in [5.74, 6) is 0. The van der Waals surface area contributed by atoms with Crippen LogP contribution in [0.25, 0.3) is 0 Å². The molecular formula is C12H15ClN2O2. The first-order valence-electron chi connectivity index (χ1n) is 5.52. The molecule has 0 aromatic heterocycles. The van der Waals surface area contributed by atoms with Crippen molar-refractivity contribution in [2.24, 2.45) is 0 Å². The third-order valence-electron chi connectivity index (χ3n) is 3.01. The standard InChI is InChI=1S/C12H15ClN2O2/c1-12(4-5-12)14-7-8-6-9(13)2-3-10(8)15-11(16)17/h2-3,6,14-15H,4-5,7H2,1H3,(H,16,17). The lowest BCUT2D eigenvalue weighted by molar-refractivity contribution is 0.209. The topological polar surface area (TPSA) is 61.4 Å². The average Bonchev–Trinajstić information content (AvgIpc) is 2.97. The Balaban J connectivity index is 2.11. The quantitative estimate of drug-likeness (QED) is 0.774. The molecule has 0 radical (unpaired) electrons. The van der Waals surface area contributed by atoms with E-state index in [-0.39, 0.29) is 5.54 Å². The van der Waals surface area contributed by atoms with Gasteiger partial charge in [0.15, 0.2) is 0 Å². The minimum Gasteiger partial charge on any atom is -0.465 e. The maximum absolute atomic E-state index is 10.7. The second kappa shape index (κ2) is 4.55. The van der Waals surface area contributed by atoms with Gasteiger partial charge in [-0.15, -0.1) is 0 Å². The van der Waals surface area contributed by atoms with Crippen molar-refractivity contribution in [1.29, 1.82) is 0 Å². The van der Waals surface area contributed by atoms with Gasteiger partial charge in [0.05, 0.1) is 0 Å². The number of halogens is 1. The van der Waals surface area contributed by atoms with E-state index < -0.39 is 6.09 Å². The van der Waals surface area contributed by atoms with Crippen LogP contribution in [0.2, 0.25) is 5.02 Å². The minimum atomic E-state index is -1.06. The molecule has 17 heavy (non-hydrogen) atoms. The zero-order valence-electron chi connectivity index (χ0n) is 9.59. The van der Waals surface area contributed by atoms with Gasteiger partial charge in [0.1, 0.15) is 0 Å². The lowest BCUT2D eigenvalue weighted by Crippen LogP contribution is -2.27. The van der Waals surface area contributed by atoms with Gasteiger partial charge in [0, 0.05) is 22.8 Å². The maximum Gasteiger partial charge on any atom is 0.409 e. The van der Waals surface area contributed by atoms with Gasteiger partial charge in [0.25, 0.3) is 0 Å². The molecule has 0 aliphatic heterocycles. The van der Waals surface area contributed by atoms with Gasteiger partial charge in [-0.1, -0.05) is 11.6 Å². The van der Waals surface area contributed by atoms with Crippen molar-refractivity contribution in [2.75, 3.05) is 5.32 Å². The highest BCUT2D eigenvalue weighted by atomic mass is 35.5. The van der Waals surface area contributed by atoms with Crippen LogP contribution >= 0.6 is 11.6 Å². The van der Waals surface area contributed by atoms with E-state index in [2.05, 4.69) is 17.6 Å². The summed E-state index contributed by atoms with van der Waals surface area (Å²) in [7, 11) is 0. The van der Waals surface area contributed by atoms with Crippen LogP contribution in [0.3, 0.4) is 0 Å². The van der Waals surface area contributed by atoms with Crippen LogP contribution < -0.4 is 10.6 Å². The first kappa shape index (κ1) is 12.2. The Hall–Kier alpha value is -1.26. The smallest absolute Gasteiger partial charge is 0.409 e. The maximum atomic E-state index is 10.7. The summed E-state index contributed by atoms with van der Waals surface area (Å²) in [5.41, 5.74) is 1.66. The second-order valence-electron chi connectivity index (χ2n) is 4.65. The summed E-state index contributed by atoms with van der Waals surface area (Å²) in [6, 6.07) is 5.14. The first-order valence-corrected chi connectivity index (χ1v) is 5.90. The van der Waals surface area contributed by atoms with E-state index in [0.717, 1.165) is 18.4 Å². The van der Waals surface area contributed by atoms with Crippen LogP contribution in [-0.4, -0.2) is 16.7 Å². The molecule has 0 spiro atoms. The van der Waals surface area contributed by atoms with Gasteiger partial charge in [-0.2, -0.15) is 0 Å². The Morgan fingerprint density at radius 2 is 2.24 bits per heavy atom. The molecule has 1 amide bonds. The highest BCUT2D eigenvalue weighted by molar-refractivity contribution is 6.30. The average molecular weight is 255 g/mol. The third-order valence-corrected chi connectivity index (χ3v) is 3.25. The molecule has 1 saturated carbocycles. The van der Waals surface area contributed by atoms with Crippen LogP contribution in [0.1, 0.15) is 25.3 Å². The number of carboxylic acid groups (broad SMARTS) is 1. The normalized spacial score (nSPS) is 16.6. The third kappa shape index (κ3) is 3.35. The minimum absolute atomic E-state index is 0.211. The van der Waals surface area contributed by atoms with Crippen molar-refractivity contribution in [3.8, 4) is 0 Å². The summed E-state index contributed by atoms with van der Waals surface area (Å²) in [6.07, 6.45) is 1.26. The lowest BCUT2D eigenvalue weighted by atomic mass is 10.1. The van der Waals surface area contributed by atoms with Gasteiger partial charge < -0.3 is 10.4 Å². The fourth-order valence-electron chi connectivity index (χ4n) is 1.62. The fraction of sp³-hybridized carbons (Fsp3) is 0.417. The Kier molecular flexibility index (Phi) is 3.26. The Bertz CT molecular complexity index is 444. The molecule has 1 fully saturated rings. The van der Waals surface area contributed by atoms with Crippen LogP contribution in [0, 0.1) is 0 Å². The number of benzene rings is 1. The monoisotopic (exact) mass is 254 g/mol. The molecule has 0 heterocycles. The second-order valence-corrected chi connectivity index (χ2v) is 5.08. The summed E-state index contributed by atoms with van der Waals surface area (Å²) in [6.45, 7) is 2.77. The zero-order chi connectivity index (χ0) is 12.5. The number of nitrogens with one attached hydrogen (secondary N) is 2. The lowest BCUT2D eigenvalue weighted by Gasteiger charge is -2.14. The van der Waals surface area contributed by atoms with E-state index in [1.807, 2.05) is 0 Å². The summed E-state index contributed by atoms with van der Waals surface area (Å²) in [4.78, 5) is 10.7. The summed E-state index contributed by atoms with van der Waals surface area (Å²) in [5, 5.41) is 15.1. The van der Waals surface area contributed by atoms with Gasteiger partial charge in [-0.3, -0.25) is 5.32 Å². The number of carbonyl (C=O) groups is 1. The van der Waals surface area contributed by atoms with Crippen molar-refractivity contribution in [3.05, 3.63) is 28.8 Å². The number of hydrogen-bond donors (Lipinski definition) is 3. The molecule has 1 aromatic carbocycles. The predicted molar refractivity (Wildman–Crippen MR) is 67.6 cm³/mol. The Labute approximate surface area is 105 Å². The van der Waals surface area contributed by atoms with Crippen molar-refractivity contribution in [3.63, 3.8) is 0 Å². The van der Waals surface area contributed by atoms with E-state index in [0.29, 0.717) is 17.3 Å². The van der Waals surface area contributed by atoms with Gasteiger partial charge in [0.2, 0.25) is 0 Å². The molecule has 0 atom stereocenters. The van der Waals surface area contributed by atoms with Crippen LogP contribution in [0.5, 0.6) is 0 Å². The number of anilines is 1. The van der Waals surface area contributed by atoms with E-state index in [1.54, 1.807) is 18.2 Å². The molecule has 0 unspecified atom stereocenters. The molecular weight excluding hydrogens is 240 g/mol. The molecule has 5 heteroatoms. The molecule has 1 aliphatic carbocycles. The van der Waals surface area contributed by atoms with Crippen LogP contribution in [0.15, 0.2) is 18.2 Å². The Morgan fingerprint density at radius 1 is 1.53 bits per heavy atom. The van der Waals surface area contributed by atoms with Crippen LogP contribution in [-0.2, 0) is 6.54 Å². The molecule has 4 nitrogen and oxygen atoms in total.